The van der Waals surface area contributed by atoms with Crippen molar-refractivity contribution in [2.24, 2.45) is 0 Å². The molecule has 0 aliphatic carbocycles. The van der Waals surface area contributed by atoms with E-state index in [0.717, 1.165) is 5.13 Å². The third-order valence-corrected chi connectivity index (χ3v) is 3.74. The van der Waals surface area contributed by atoms with Gasteiger partial charge in [-0.3, -0.25) is 4.79 Å². The molecule has 0 spiro atoms. The van der Waals surface area contributed by atoms with E-state index in [4.69, 9.17) is 0 Å². The topological polar surface area (TPSA) is 46.9 Å². The summed E-state index contributed by atoms with van der Waals surface area (Å²) in [6.07, 6.45) is 4.00. The fraction of sp³-hybridized carbons (Fsp3) is 0.0667. The normalized spacial score (nSPS) is 10.5. The Labute approximate surface area is 124 Å². The maximum Gasteiger partial charge on any atom is 0.230 e. The maximum atomic E-state index is 12.8. The second kappa shape index (κ2) is 5.88. The van der Waals surface area contributed by atoms with E-state index in [1.54, 1.807) is 0 Å². The first kappa shape index (κ1) is 13.5. The number of carbonyl (C=O) groups is 1. The van der Waals surface area contributed by atoms with Gasteiger partial charge in [0.25, 0.3) is 0 Å². The van der Waals surface area contributed by atoms with Gasteiger partial charge in [-0.1, -0.05) is 0 Å². The predicted octanol–water partition coefficient (Wildman–Crippen LogP) is 3.25. The van der Waals surface area contributed by atoms with Gasteiger partial charge in [0.05, 0.1) is 12.1 Å². The minimum atomic E-state index is -0.330. The molecule has 0 atom stereocenters. The Morgan fingerprint density at radius 2 is 1.95 bits per heavy atom. The third-order valence-electron chi connectivity index (χ3n) is 2.83. The van der Waals surface area contributed by atoms with Crippen LogP contribution in [0.15, 0.2) is 54.2 Å². The number of halogens is 1. The van der Waals surface area contributed by atoms with Crippen LogP contribution in [-0.2, 0) is 11.2 Å². The van der Waals surface area contributed by atoms with Crippen LogP contribution in [0.1, 0.15) is 5.69 Å². The highest BCUT2D eigenvalue weighted by Gasteiger charge is 2.09. The van der Waals surface area contributed by atoms with Gasteiger partial charge in [-0.25, -0.2) is 9.37 Å². The minimum Gasteiger partial charge on any atom is -0.326 e. The summed E-state index contributed by atoms with van der Waals surface area (Å²) in [6.45, 7) is 0. The number of hydrogen-bond donors (Lipinski definition) is 1. The summed E-state index contributed by atoms with van der Waals surface area (Å²) >= 11 is 1.48. The molecule has 1 N–H and O–H groups in total. The molecule has 2 aromatic heterocycles. The minimum absolute atomic E-state index is 0.175. The lowest BCUT2D eigenvalue weighted by Gasteiger charge is -2.03. The lowest BCUT2D eigenvalue weighted by Crippen LogP contribution is -2.14. The predicted molar refractivity (Wildman–Crippen MR) is 80.2 cm³/mol. The monoisotopic (exact) mass is 301 g/mol. The zero-order chi connectivity index (χ0) is 14.7. The van der Waals surface area contributed by atoms with Crippen LogP contribution in [0.2, 0.25) is 0 Å². The van der Waals surface area contributed by atoms with Crippen LogP contribution >= 0.6 is 11.3 Å². The molecule has 106 valence electrons. The van der Waals surface area contributed by atoms with Crippen LogP contribution in [0, 0.1) is 5.82 Å². The number of hydrogen-bond acceptors (Lipinski definition) is 3. The van der Waals surface area contributed by atoms with Crippen molar-refractivity contribution in [3.05, 3.63) is 65.7 Å². The Kier molecular flexibility index (Phi) is 3.79. The summed E-state index contributed by atoms with van der Waals surface area (Å²) in [6, 6.07) is 9.51. The van der Waals surface area contributed by atoms with E-state index in [2.05, 4.69) is 10.3 Å². The molecular weight excluding hydrogens is 289 g/mol. The number of nitrogens with one attached hydrogen (secondary N) is 1. The second-order valence-electron chi connectivity index (χ2n) is 4.44. The number of benzene rings is 1. The summed E-state index contributed by atoms with van der Waals surface area (Å²) < 4.78 is 14.7. The average molecular weight is 301 g/mol. The van der Waals surface area contributed by atoms with E-state index >= 15 is 0 Å². The molecule has 0 saturated heterocycles. The van der Waals surface area contributed by atoms with Crippen molar-refractivity contribution in [3.63, 3.8) is 0 Å². The highest BCUT2D eigenvalue weighted by molar-refractivity contribution is 7.12. The fourth-order valence-electron chi connectivity index (χ4n) is 1.86. The lowest BCUT2D eigenvalue weighted by molar-refractivity contribution is -0.115. The Balaban J connectivity index is 1.64. The van der Waals surface area contributed by atoms with Crippen molar-refractivity contribution in [3.8, 4) is 5.13 Å². The SMILES string of the molecule is O=C(Cc1csc(-n2cccc2)n1)Nc1ccc(F)cc1. The van der Waals surface area contributed by atoms with Gasteiger partial charge in [-0.2, -0.15) is 0 Å². The van der Waals surface area contributed by atoms with Crippen molar-refractivity contribution in [1.29, 1.82) is 0 Å². The summed E-state index contributed by atoms with van der Waals surface area (Å²) in [5, 5.41) is 5.40. The summed E-state index contributed by atoms with van der Waals surface area (Å²) in [4.78, 5) is 16.3. The summed E-state index contributed by atoms with van der Waals surface area (Å²) in [5.74, 6) is -0.505. The molecule has 21 heavy (non-hydrogen) atoms. The molecule has 6 heteroatoms. The van der Waals surface area contributed by atoms with Crippen molar-refractivity contribution in [2.45, 2.75) is 6.42 Å². The van der Waals surface area contributed by atoms with E-state index < -0.39 is 0 Å². The van der Waals surface area contributed by atoms with Crippen molar-refractivity contribution >= 4 is 22.9 Å². The number of amides is 1. The number of anilines is 1. The molecule has 0 bridgehead atoms. The number of nitrogens with zero attached hydrogens (tertiary/aromatic N) is 2. The molecule has 3 aromatic rings. The largest absolute Gasteiger partial charge is 0.326 e. The molecule has 0 unspecified atom stereocenters. The van der Waals surface area contributed by atoms with Gasteiger partial charge >= 0.3 is 0 Å². The molecule has 3 rings (SSSR count). The van der Waals surface area contributed by atoms with Crippen LogP contribution < -0.4 is 5.32 Å². The first-order chi connectivity index (χ1) is 10.2. The van der Waals surface area contributed by atoms with Crippen LogP contribution in [0.25, 0.3) is 5.13 Å². The highest BCUT2D eigenvalue weighted by atomic mass is 32.1. The third kappa shape index (κ3) is 3.35. The molecule has 1 aromatic carbocycles. The Bertz CT molecular complexity index is 735. The van der Waals surface area contributed by atoms with E-state index in [0.29, 0.717) is 11.4 Å². The van der Waals surface area contributed by atoms with Gasteiger partial charge in [-0.15, -0.1) is 11.3 Å². The van der Waals surface area contributed by atoms with Gasteiger partial charge in [0.2, 0.25) is 5.91 Å². The summed E-state index contributed by atoms with van der Waals surface area (Å²) in [7, 11) is 0. The van der Waals surface area contributed by atoms with Gasteiger partial charge < -0.3 is 9.88 Å². The number of carbonyl (C=O) groups excluding carboxylic acids is 1. The maximum absolute atomic E-state index is 12.8. The standard InChI is InChI=1S/C15H12FN3OS/c16-11-3-5-12(6-4-11)17-14(20)9-13-10-21-15(18-13)19-7-1-2-8-19/h1-8,10H,9H2,(H,17,20). The van der Waals surface area contributed by atoms with E-state index in [1.807, 2.05) is 34.5 Å². The number of aromatic nitrogens is 2. The first-order valence-electron chi connectivity index (χ1n) is 6.34. The second-order valence-corrected chi connectivity index (χ2v) is 5.28. The van der Waals surface area contributed by atoms with Crippen LogP contribution in [0.4, 0.5) is 10.1 Å². The van der Waals surface area contributed by atoms with Gasteiger partial charge in [0.1, 0.15) is 5.82 Å². The molecule has 2 heterocycles. The van der Waals surface area contributed by atoms with E-state index in [1.165, 1.54) is 35.6 Å². The van der Waals surface area contributed by atoms with Crippen molar-refractivity contribution in [1.82, 2.24) is 9.55 Å². The first-order valence-corrected chi connectivity index (χ1v) is 7.22. The molecule has 4 nitrogen and oxygen atoms in total. The molecule has 0 fully saturated rings. The van der Waals surface area contributed by atoms with E-state index in [9.17, 15) is 9.18 Å². The number of rotatable bonds is 4. The van der Waals surface area contributed by atoms with Crippen molar-refractivity contribution < 1.29 is 9.18 Å². The lowest BCUT2D eigenvalue weighted by atomic mass is 10.3. The Hall–Kier alpha value is -2.47. The Morgan fingerprint density at radius 1 is 1.24 bits per heavy atom. The molecule has 0 radical (unpaired) electrons. The molecule has 1 amide bonds. The average Bonchev–Trinajstić information content (AvgIpc) is 3.12. The van der Waals surface area contributed by atoms with Gasteiger partial charge in [0.15, 0.2) is 5.13 Å². The molecule has 0 aliphatic heterocycles. The van der Waals surface area contributed by atoms with E-state index in [-0.39, 0.29) is 18.1 Å². The zero-order valence-electron chi connectivity index (χ0n) is 11.0. The van der Waals surface area contributed by atoms with Crippen LogP contribution in [0.3, 0.4) is 0 Å². The molecule has 0 saturated carbocycles. The zero-order valence-corrected chi connectivity index (χ0v) is 11.8. The van der Waals surface area contributed by atoms with Crippen LogP contribution in [-0.4, -0.2) is 15.5 Å². The van der Waals surface area contributed by atoms with Crippen molar-refractivity contribution in [2.75, 3.05) is 5.32 Å². The van der Waals surface area contributed by atoms with Crippen LogP contribution in [0.5, 0.6) is 0 Å². The Morgan fingerprint density at radius 3 is 2.67 bits per heavy atom. The smallest absolute Gasteiger partial charge is 0.230 e. The fourth-order valence-corrected chi connectivity index (χ4v) is 2.65. The molecular formula is C15H12FN3OS. The number of thiazole rings is 1. The molecule has 0 aliphatic rings. The van der Waals surface area contributed by atoms with Gasteiger partial charge in [0, 0.05) is 23.5 Å². The highest BCUT2D eigenvalue weighted by Crippen LogP contribution is 2.16. The van der Waals surface area contributed by atoms with Gasteiger partial charge in [-0.05, 0) is 36.4 Å². The quantitative estimate of drug-likeness (QED) is 0.804. The summed E-state index contributed by atoms with van der Waals surface area (Å²) in [5.41, 5.74) is 1.28.